The lowest BCUT2D eigenvalue weighted by Gasteiger charge is -2.34. The fraction of sp³-hybridized carbons (Fsp3) is 0.429. The van der Waals surface area contributed by atoms with E-state index in [2.05, 4.69) is 0 Å². The van der Waals surface area contributed by atoms with Crippen molar-refractivity contribution < 1.29 is 23.8 Å². The SMILES string of the molecule is CC1Cc2ccc3c(c2C(=O)O1)OC(C)(C)OC3=O. The molecule has 3 rings (SSSR count). The third-order valence-corrected chi connectivity index (χ3v) is 3.17. The van der Waals surface area contributed by atoms with Crippen molar-refractivity contribution in [2.24, 2.45) is 0 Å². The van der Waals surface area contributed by atoms with Gasteiger partial charge >= 0.3 is 11.9 Å². The Labute approximate surface area is 110 Å². The first-order chi connectivity index (χ1) is 8.87. The van der Waals surface area contributed by atoms with Crippen LogP contribution in [0.15, 0.2) is 12.1 Å². The number of rotatable bonds is 0. The molecular weight excluding hydrogens is 248 g/mol. The summed E-state index contributed by atoms with van der Waals surface area (Å²) in [6.07, 6.45) is 0.453. The van der Waals surface area contributed by atoms with E-state index >= 15 is 0 Å². The molecule has 0 aromatic heterocycles. The summed E-state index contributed by atoms with van der Waals surface area (Å²) >= 11 is 0. The predicted octanol–water partition coefficient (Wildman–Crippen LogP) is 2.07. The van der Waals surface area contributed by atoms with Gasteiger partial charge in [-0.15, -0.1) is 0 Å². The Hall–Kier alpha value is -2.04. The van der Waals surface area contributed by atoms with E-state index in [9.17, 15) is 9.59 Å². The van der Waals surface area contributed by atoms with Crippen LogP contribution < -0.4 is 4.74 Å². The smallest absolute Gasteiger partial charge is 0.345 e. The lowest BCUT2D eigenvalue weighted by molar-refractivity contribution is -0.127. The van der Waals surface area contributed by atoms with E-state index in [0.717, 1.165) is 5.56 Å². The standard InChI is InChI=1S/C14H14O5/c1-7-6-8-4-5-9-11(10(8)13(16)17-7)18-14(2,3)19-12(9)15/h4-5,7H,6H2,1-3H3. The zero-order chi connectivity index (χ0) is 13.8. The zero-order valence-corrected chi connectivity index (χ0v) is 11.0. The largest absolute Gasteiger partial charge is 0.459 e. The van der Waals surface area contributed by atoms with E-state index in [1.54, 1.807) is 26.0 Å². The number of ether oxygens (including phenoxy) is 3. The Morgan fingerprint density at radius 1 is 1.16 bits per heavy atom. The molecule has 1 unspecified atom stereocenters. The molecule has 0 bridgehead atoms. The van der Waals surface area contributed by atoms with E-state index in [0.29, 0.717) is 12.0 Å². The molecule has 1 aromatic rings. The maximum Gasteiger partial charge on any atom is 0.345 e. The molecule has 2 aliphatic rings. The van der Waals surface area contributed by atoms with Gasteiger partial charge in [0.2, 0.25) is 5.79 Å². The van der Waals surface area contributed by atoms with Gasteiger partial charge in [-0.2, -0.15) is 0 Å². The molecule has 0 radical (unpaired) electrons. The van der Waals surface area contributed by atoms with Gasteiger partial charge < -0.3 is 14.2 Å². The average molecular weight is 262 g/mol. The van der Waals surface area contributed by atoms with Gasteiger partial charge in [-0.25, -0.2) is 9.59 Å². The number of carbonyl (C=O) groups is 2. The molecule has 1 atom stereocenters. The molecule has 0 saturated carbocycles. The van der Waals surface area contributed by atoms with Gasteiger partial charge in [-0.3, -0.25) is 0 Å². The molecule has 19 heavy (non-hydrogen) atoms. The number of carbonyl (C=O) groups excluding carboxylic acids is 2. The number of hydrogen-bond acceptors (Lipinski definition) is 5. The molecule has 5 nitrogen and oxygen atoms in total. The maximum absolute atomic E-state index is 12.0. The number of fused-ring (bicyclic) bond motifs is 3. The van der Waals surface area contributed by atoms with Crippen LogP contribution in [-0.2, 0) is 15.9 Å². The van der Waals surface area contributed by atoms with Crippen molar-refractivity contribution in [3.05, 3.63) is 28.8 Å². The normalized spacial score (nSPS) is 23.6. The Morgan fingerprint density at radius 2 is 1.89 bits per heavy atom. The van der Waals surface area contributed by atoms with Gasteiger partial charge in [0, 0.05) is 20.3 Å². The van der Waals surface area contributed by atoms with Gasteiger partial charge in [0.25, 0.3) is 0 Å². The molecular formula is C14H14O5. The lowest BCUT2D eigenvalue weighted by Crippen LogP contribution is -2.40. The van der Waals surface area contributed by atoms with Crippen LogP contribution in [0.25, 0.3) is 0 Å². The summed E-state index contributed by atoms with van der Waals surface area (Å²) in [6, 6.07) is 3.39. The first-order valence-corrected chi connectivity index (χ1v) is 6.16. The Morgan fingerprint density at radius 3 is 2.63 bits per heavy atom. The van der Waals surface area contributed by atoms with Gasteiger partial charge in [-0.05, 0) is 18.6 Å². The van der Waals surface area contributed by atoms with E-state index in [4.69, 9.17) is 14.2 Å². The fourth-order valence-corrected chi connectivity index (χ4v) is 2.42. The summed E-state index contributed by atoms with van der Waals surface area (Å²) in [6.45, 7) is 5.09. The molecule has 1 aromatic carbocycles. The van der Waals surface area contributed by atoms with Crippen molar-refractivity contribution >= 4 is 11.9 Å². The number of cyclic esters (lactones) is 2. The minimum absolute atomic E-state index is 0.165. The van der Waals surface area contributed by atoms with Crippen LogP contribution in [0.4, 0.5) is 0 Å². The number of esters is 2. The third-order valence-electron chi connectivity index (χ3n) is 3.17. The van der Waals surface area contributed by atoms with Gasteiger partial charge in [-0.1, -0.05) is 6.07 Å². The van der Waals surface area contributed by atoms with Crippen LogP contribution in [0, 0.1) is 0 Å². The average Bonchev–Trinajstić information content (AvgIpc) is 2.25. The monoisotopic (exact) mass is 262 g/mol. The first kappa shape index (κ1) is 12.0. The Balaban J connectivity index is 2.20. The van der Waals surface area contributed by atoms with Crippen molar-refractivity contribution in [2.45, 2.75) is 39.1 Å². The van der Waals surface area contributed by atoms with E-state index in [1.165, 1.54) is 0 Å². The minimum Gasteiger partial charge on any atom is -0.459 e. The summed E-state index contributed by atoms with van der Waals surface area (Å²) in [7, 11) is 0. The predicted molar refractivity (Wildman–Crippen MR) is 65.1 cm³/mol. The summed E-state index contributed by atoms with van der Waals surface area (Å²) in [5.74, 6) is -1.74. The highest BCUT2D eigenvalue weighted by atomic mass is 16.7. The van der Waals surface area contributed by atoms with E-state index < -0.39 is 17.7 Å². The van der Waals surface area contributed by atoms with Crippen molar-refractivity contribution in [3.63, 3.8) is 0 Å². The minimum atomic E-state index is -1.08. The quantitative estimate of drug-likeness (QED) is 0.670. The topological polar surface area (TPSA) is 61.8 Å². The molecule has 0 N–H and O–H groups in total. The Kier molecular flexibility index (Phi) is 2.36. The second kappa shape index (κ2) is 3.73. The molecule has 0 aliphatic carbocycles. The number of benzene rings is 1. The molecule has 100 valence electrons. The van der Waals surface area contributed by atoms with Crippen LogP contribution in [0.3, 0.4) is 0 Å². The molecule has 5 heteroatoms. The summed E-state index contributed by atoms with van der Waals surface area (Å²) in [5.41, 5.74) is 1.46. The van der Waals surface area contributed by atoms with E-state index in [-0.39, 0.29) is 17.4 Å². The highest BCUT2D eigenvalue weighted by Crippen LogP contribution is 2.38. The first-order valence-electron chi connectivity index (χ1n) is 6.16. The second-order valence-electron chi connectivity index (χ2n) is 5.29. The molecule has 0 fully saturated rings. The Bertz CT molecular complexity index is 588. The molecule has 0 saturated heterocycles. The van der Waals surface area contributed by atoms with Gasteiger partial charge in [0.05, 0.1) is 0 Å². The second-order valence-corrected chi connectivity index (χ2v) is 5.29. The van der Waals surface area contributed by atoms with Crippen molar-refractivity contribution in [3.8, 4) is 5.75 Å². The fourth-order valence-electron chi connectivity index (χ4n) is 2.42. The van der Waals surface area contributed by atoms with E-state index in [1.807, 2.05) is 6.92 Å². The third kappa shape index (κ3) is 1.85. The highest BCUT2D eigenvalue weighted by Gasteiger charge is 2.39. The van der Waals surface area contributed by atoms with Gasteiger partial charge in [0.1, 0.15) is 17.2 Å². The molecule has 0 amide bonds. The molecule has 2 aliphatic heterocycles. The van der Waals surface area contributed by atoms with Gasteiger partial charge in [0.15, 0.2) is 5.75 Å². The van der Waals surface area contributed by atoms with Crippen LogP contribution in [-0.4, -0.2) is 23.8 Å². The van der Waals surface area contributed by atoms with Crippen LogP contribution in [0.2, 0.25) is 0 Å². The number of hydrogen-bond donors (Lipinski definition) is 0. The molecule has 0 spiro atoms. The van der Waals surface area contributed by atoms with Crippen molar-refractivity contribution in [1.29, 1.82) is 0 Å². The van der Waals surface area contributed by atoms with Crippen molar-refractivity contribution in [2.75, 3.05) is 0 Å². The van der Waals surface area contributed by atoms with Crippen molar-refractivity contribution in [1.82, 2.24) is 0 Å². The van der Waals surface area contributed by atoms with Crippen LogP contribution in [0.1, 0.15) is 47.1 Å². The maximum atomic E-state index is 12.0. The van der Waals surface area contributed by atoms with Crippen LogP contribution >= 0.6 is 0 Å². The summed E-state index contributed by atoms with van der Waals surface area (Å²) in [5, 5.41) is 0. The highest BCUT2D eigenvalue weighted by molar-refractivity contribution is 6.02. The lowest BCUT2D eigenvalue weighted by atomic mass is 9.95. The zero-order valence-electron chi connectivity index (χ0n) is 11.0. The summed E-state index contributed by atoms with van der Waals surface area (Å²) < 4.78 is 16.0. The van der Waals surface area contributed by atoms with Crippen LogP contribution in [0.5, 0.6) is 5.75 Å². The summed E-state index contributed by atoms with van der Waals surface area (Å²) in [4.78, 5) is 23.9. The molecule has 2 heterocycles.